The molecule has 0 unspecified atom stereocenters. The molecular weight excluding hydrogens is 488 g/mol. The number of amides is 2. The van der Waals surface area contributed by atoms with E-state index in [9.17, 15) is 9.59 Å². The Morgan fingerprint density at radius 2 is 1.78 bits per heavy atom. The number of hydrogen-bond donors (Lipinski definition) is 2. The molecule has 0 aliphatic carbocycles. The summed E-state index contributed by atoms with van der Waals surface area (Å²) in [6.07, 6.45) is 9.36. The number of nitrogens with zero attached hydrogens (tertiary/aromatic N) is 2. The number of rotatable bonds is 14. The van der Waals surface area contributed by atoms with Gasteiger partial charge in [-0.25, -0.2) is 0 Å². The SMILES string of the molecule is CCCCCCCCCC(=O)N[C@H](C(=O)Nc1nnc(-c2cccc(Br)c2)s1)[C@H](C)CC. The van der Waals surface area contributed by atoms with Gasteiger partial charge in [-0.2, -0.15) is 0 Å². The molecule has 0 saturated heterocycles. The van der Waals surface area contributed by atoms with Crippen LogP contribution in [0.2, 0.25) is 0 Å². The van der Waals surface area contributed by atoms with Gasteiger partial charge in [-0.3, -0.25) is 14.9 Å². The molecule has 8 heteroatoms. The fraction of sp³-hybridized carbons (Fsp3) is 0.583. The predicted molar refractivity (Wildman–Crippen MR) is 136 cm³/mol. The van der Waals surface area contributed by atoms with Gasteiger partial charge in [0.1, 0.15) is 11.0 Å². The molecule has 0 bridgehead atoms. The highest BCUT2D eigenvalue weighted by molar-refractivity contribution is 9.10. The molecule has 1 aromatic heterocycles. The Labute approximate surface area is 204 Å². The van der Waals surface area contributed by atoms with E-state index in [1.54, 1.807) is 0 Å². The molecule has 0 radical (unpaired) electrons. The summed E-state index contributed by atoms with van der Waals surface area (Å²) in [6.45, 7) is 6.20. The van der Waals surface area contributed by atoms with Crippen LogP contribution in [0.15, 0.2) is 28.7 Å². The Balaban J connectivity index is 1.88. The zero-order valence-electron chi connectivity index (χ0n) is 19.3. The quantitative estimate of drug-likeness (QED) is 0.274. The second kappa shape index (κ2) is 14.4. The molecule has 1 aromatic carbocycles. The molecule has 2 aromatic rings. The van der Waals surface area contributed by atoms with Crippen LogP contribution in [0.5, 0.6) is 0 Å². The fourth-order valence-corrected chi connectivity index (χ4v) is 4.53. The number of aromatic nitrogens is 2. The minimum atomic E-state index is -0.588. The Morgan fingerprint density at radius 1 is 1.06 bits per heavy atom. The first kappa shape index (κ1) is 26.5. The molecule has 0 aliphatic rings. The fourth-order valence-electron chi connectivity index (χ4n) is 3.39. The van der Waals surface area contributed by atoms with Gasteiger partial charge in [0.15, 0.2) is 0 Å². The molecule has 2 N–H and O–H groups in total. The number of nitrogens with one attached hydrogen (secondary N) is 2. The van der Waals surface area contributed by atoms with Gasteiger partial charge in [0.05, 0.1) is 0 Å². The maximum absolute atomic E-state index is 12.9. The summed E-state index contributed by atoms with van der Waals surface area (Å²) in [4.78, 5) is 25.4. The standard InChI is InChI=1S/C24H35BrN4O2S/c1-4-6-7-8-9-10-11-15-20(30)26-21(17(3)5-2)22(31)27-24-29-28-23(32-24)18-13-12-14-19(25)16-18/h12-14,16-17,21H,4-11,15H2,1-3H3,(H,26,30)(H,27,29,31)/t17-,21+/m1/s1. The first-order valence-corrected chi connectivity index (χ1v) is 13.2. The van der Waals surface area contributed by atoms with Crippen molar-refractivity contribution in [3.05, 3.63) is 28.7 Å². The third-order valence-electron chi connectivity index (χ3n) is 5.55. The van der Waals surface area contributed by atoms with Crippen LogP contribution in [0.25, 0.3) is 10.6 Å². The molecule has 2 amide bonds. The van der Waals surface area contributed by atoms with E-state index in [1.165, 1.54) is 43.4 Å². The van der Waals surface area contributed by atoms with Gasteiger partial charge in [-0.05, 0) is 24.5 Å². The van der Waals surface area contributed by atoms with E-state index in [0.717, 1.165) is 34.3 Å². The van der Waals surface area contributed by atoms with Crippen LogP contribution < -0.4 is 10.6 Å². The van der Waals surface area contributed by atoms with Crippen molar-refractivity contribution in [2.45, 2.75) is 84.6 Å². The Morgan fingerprint density at radius 3 is 2.47 bits per heavy atom. The molecule has 0 saturated carbocycles. The summed E-state index contributed by atoms with van der Waals surface area (Å²) in [5, 5.41) is 15.2. The number of benzene rings is 1. The number of anilines is 1. The molecule has 2 rings (SSSR count). The molecule has 0 spiro atoms. The molecule has 176 valence electrons. The summed E-state index contributed by atoms with van der Waals surface area (Å²) in [6, 6.07) is 7.19. The number of unbranched alkanes of at least 4 members (excludes halogenated alkanes) is 6. The second-order valence-electron chi connectivity index (χ2n) is 8.21. The van der Waals surface area contributed by atoms with E-state index in [-0.39, 0.29) is 17.7 Å². The molecular formula is C24H35BrN4O2S. The van der Waals surface area contributed by atoms with E-state index >= 15 is 0 Å². The molecule has 0 aliphatic heterocycles. The van der Waals surface area contributed by atoms with Crippen molar-refractivity contribution in [1.29, 1.82) is 0 Å². The molecule has 6 nitrogen and oxygen atoms in total. The number of carbonyl (C=O) groups excluding carboxylic acids is 2. The Bertz CT molecular complexity index is 858. The highest BCUT2D eigenvalue weighted by Gasteiger charge is 2.26. The summed E-state index contributed by atoms with van der Waals surface area (Å²) in [7, 11) is 0. The van der Waals surface area contributed by atoms with E-state index in [4.69, 9.17) is 0 Å². The lowest BCUT2D eigenvalue weighted by atomic mass is 9.98. The smallest absolute Gasteiger partial charge is 0.249 e. The van der Waals surface area contributed by atoms with Crippen molar-refractivity contribution in [1.82, 2.24) is 15.5 Å². The average molecular weight is 524 g/mol. The highest BCUT2D eigenvalue weighted by Crippen LogP contribution is 2.28. The average Bonchev–Trinajstić information content (AvgIpc) is 3.24. The Kier molecular flexibility index (Phi) is 11.9. The van der Waals surface area contributed by atoms with Crippen LogP contribution in [-0.2, 0) is 9.59 Å². The highest BCUT2D eigenvalue weighted by atomic mass is 79.9. The van der Waals surface area contributed by atoms with Gasteiger partial charge in [0.2, 0.25) is 16.9 Å². The zero-order valence-corrected chi connectivity index (χ0v) is 21.7. The van der Waals surface area contributed by atoms with E-state index < -0.39 is 6.04 Å². The third-order valence-corrected chi connectivity index (χ3v) is 6.93. The summed E-state index contributed by atoms with van der Waals surface area (Å²) in [5.41, 5.74) is 0.929. The van der Waals surface area contributed by atoms with Gasteiger partial charge in [-0.15, -0.1) is 10.2 Å². The van der Waals surface area contributed by atoms with Gasteiger partial charge in [-0.1, -0.05) is 105 Å². The maximum atomic E-state index is 12.9. The Hall–Kier alpha value is -1.80. The van der Waals surface area contributed by atoms with Crippen LogP contribution in [0.1, 0.15) is 78.6 Å². The summed E-state index contributed by atoms with van der Waals surface area (Å²) < 4.78 is 0.955. The largest absolute Gasteiger partial charge is 0.344 e. The second-order valence-corrected chi connectivity index (χ2v) is 10.1. The van der Waals surface area contributed by atoms with Gasteiger partial charge < -0.3 is 5.32 Å². The summed E-state index contributed by atoms with van der Waals surface area (Å²) in [5.74, 6) is -0.291. The van der Waals surface area contributed by atoms with Gasteiger partial charge in [0.25, 0.3) is 0 Å². The molecule has 2 atom stereocenters. The topological polar surface area (TPSA) is 84.0 Å². The number of hydrogen-bond acceptors (Lipinski definition) is 5. The van der Waals surface area contributed by atoms with E-state index in [1.807, 2.05) is 38.1 Å². The molecule has 0 fully saturated rings. The van der Waals surface area contributed by atoms with Crippen LogP contribution in [0, 0.1) is 5.92 Å². The van der Waals surface area contributed by atoms with Gasteiger partial charge >= 0.3 is 0 Å². The van der Waals surface area contributed by atoms with Crippen LogP contribution >= 0.6 is 27.3 Å². The maximum Gasteiger partial charge on any atom is 0.249 e. The van der Waals surface area contributed by atoms with Crippen molar-refractivity contribution >= 4 is 44.2 Å². The lowest BCUT2D eigenvalue weighted by Crippen LogP contribution is -2.47. The van der Waals surface area contributed by atoms with E-state index in [2.05, 4.69) is 43.7 Å². The monoisotopic (exact) mass is 522 g/mol. The number of halogens is 1. The molecule has 32 heavy (non-hydrogen) atoms. The van der Waals surface area contributed by atoms with Crippen molar-refractivity contribution in [2.75, 3.05) is 5.32 Å². The van der Waals surface area contributed by atoms with Crippen molar-refractivity contribution < 1.29 is 9.59 Å². The lowest BCUT2D eigenvalue weighted by Gasteiger charge is -2.23. The van der Waals surface area contributed by atoms with Crippen LogP contribution in [0.4, 0.5) is 5.13 Å². The minimum Gasteiger partial charge on any atom is -0.344 e. The molecule has 1 heterocycles. The first-order chi connectivity index (χ1) is 15.4. The lowest BCUT2D eigenvalue weighted by molar-refractivity contribution is -0.127. The van der Waals surface area contributed by atoms with Crippen molar-refractivity contribution in [3.63, 3.8) is 0 Å². The third kappa shape index (κ3) is 8.98. The predicted octanol–water partition coefficient (Wildman–Crippen LogP) is 6.58. The number of carbonyl (C=O) groups is 2. The van der Waals surface area contributed by atoms with Crippen molar-refractivity contribution in [2.24, 2.45) is 5.92 Å². The summed E-state index contributed by atoms with van der Waals surface area (Å²) >= 11 is 4.77. The van der Waals surface area contributed by atoms with Crippen LogP contribution in [0.3, 0.4) is 0 Å². The van der Waals surface area contributed by atoms with Gasteiger partial charge in [0, 0.05) is 16.5 Å². The van der Waals surface area contributed by atoms with Crippen LogP contribution in [-0.4, -0.2) is 28.1 Å². The first-order valence-electron chi connectivity index (χ1n) is 11.6. The minimum absolute atomic E-state index is 0.0189. The van der Waals surface area contributed by atoms with E-state index in [0.29, 0.717) is 11.6 Å². The van der Waals surface area contributed by atoms with Crippen molar-refractivity contribution in [3.8, 4) is 10.6 Å². The normalized spacial score (nSPS) is 12.9. The zero-order chi connectivity index (χ0) is 23.3.